The molecule has 2 aromatic rings. The van der Waals surface area contributed by atoms with Crippen molar-refractivity contribution in [3.05, 3.63) is 42.2 Å². The number of anilines is 2. The molecule has 1 aliphatic rings. The van der Waals surface area contributed by atoms with Crippen molar-refractivity contribution in [3.63, 3.8) is 0 Å². The van der Waals surface area contributed by atoms with Crippen LogP contribution in [0.4, 0.5) is 28.9 Å². The van der Waals surface area contributed by atoms with Crippen LogP contribution >= 0.6 is 19.4 Å². The molecule has 14 heteroatoms. The second-order valence-corrected chi connectivity index (χ2v) is 16.2. The molecule has 3 rings (SSSR count). The Kier molecular flexibility index (Phi) is 11.7. The number of rotatable bonds is 14. The van der Waals surface area contributed by atoms with Gasteiger partial charge in [0.1, 0.15) is 23.3 Å². The monoisotopic (exact) mass is 669 g/mol. The number of benzene rings is 2. The third-order valence-corrected chi connectivity index (χ3v) is 13.2. The van der Waals surface area contributed by atoms with E-state index in [1.54, 1.807) is 34.0 Å². The van der Waals surface area contributed by atoms with Crippen molar-refractivity contribution in [3.8, 4) is 5.75 Å². The fourth-order valence-electron chi connectivity index (χ4n) is 4.86. The number of nitrogens with zero attached hydrogens (tertiary/aromatic N) is 1. The minimum absolute atomic E-state index is 0.110. The van der Waals surface area contributed by atoms with Crippen LogP contribution in [0.2, 0.25) is 0 Å². The second kappa shape index (κ2) is 14.1. The van der Waals surface area contributed by atoms with E-state index in [1.807, 2.05) is 0 Å². The van der Waals surface area contributed by atoms with E-state index in [0.29, 0.717) is 23.9 Å². The second-order valence-electron chi connectivity index (χ2n) is 10.8. The largest absolute Gasteiger partial charge is 0.491 e. The van der Waals surface area contributed by atoms with E-state index < -0.39 is 58.6 Å². The minimum atomic E-state index is -4.70. The number of hydrogen-bond acceptors (Lipinski definition) is 8. The van der Waals surface area contributed by atoms with Crippen molar-refractivity contribution in [1.82, 2.24) is 0 Å². The van der Waals surface area contributed by atoms with Crippen molar-refractivity contribution < 1.29 is 44.3 Å². The predicted octanol–water partition coefficient (Wildman–Crippen LogP) is 8.63. The van der Waals surface area contributed by atoms with E-state index in [4.69, 9.17) is 13.8 Å². The Labute approximate surface area is 256 Å². The quantitative estimate of drug-likeness (QED) is 0.112. The van der Waals surface area contributed by atoms with Gasteiger partial charge in [-0.05, 0) is 77.1 Å². The molecule has 0 saturated heterocycles. The molecule has 0 aliphatic carbocycles. The lowest BCUT2D eigenvalue weighted by Crippen LogP contribution is -2.34. The Morgan fingerprint density at radius 2 is 1.67 bits per heavy atom. The molecule has 2 aromatic carbocycles. The van der Waals surface area contributed by atoms with Gasteiger partial charge < -0.3 is 18.7 Å². The molecule has 0 radical (unpaired) electrons. The van der Waals surface area contributed by atoms with Crippen LogP contribution in [0.25, 0.3) is 0 Å². The average Bonchev–Trinajstić information content (AvgIpc) is 3.02. The Bertz CT molecular complexity index is 1400. The van der Waals surface area contributed by atoms with Gasteiger partial charge in [-0.3, -0.25) is 4.57 Å². The maximum Gasteiger partial charge on any atom is 0.339 e. The van der Waals surface area contributed by atoms with Gasteiger partial charge in [-0.15, -0.1) is 11.8 Å². The van der Waals surface area contributed by atoms with Crippen LogP contribution in [-0.2, 0) is 23.4 Å². The van der Waals surface area contributed by atoms with Crippen molar-refractivity contribution in [1.29, 1.82) is 0 Å². The average molecular weight is 670 g/mol. The Hall–Kier alpha value is -1.79. The van der Waals surface area contributed by atoms with Gasteiger partial charge in [-0.2, -0.15) is 0 Å². The summed E-state index contributed by atoms with van der Waals surface area (Å²) in [4.78, 5) is 1.62. The number of ether oxygens (including phenoxy) is 1. The number of halogens is 4. The zero-order valence-corrected chi connectivity index (χ0v) is 27.8. The molecule has 1 heterocycles. The molecule has 43 heavy (non-hydrogen) atoms. The lowest BCUT2D eigenvalue weighted by atomic mass is 10.0. The highest BCUT2D eigenvalue weighted by atomic mass is 32.2. The fraction of sp³-hybridized carbons (Fsp3) is 0.586. The van der Waals surface area contributed by atoms with Gasteiger partial charge in [0.05, 0.1) is 28.7 Å². The van der Waals surface area contributed by atoms with E-state index in [0.717, 1.165) is 0 Å². The number of thioether (sulfide) groups is 1. The molecule has 0 amide bonds. The van der Waals surface area contributed by atoms with E-state index in [1.165, 1.54) is 53.1 Å². The third kappa shape index (κ3) is 7.90. The van der Waals surface area contributed by atoms with Gasteiger partial charge in [0.2, 0.25) is 21.3 Å². The molecule has 0 spiro atoms. The topological polar surface area (TPSA) is 82.1 Å². The molecule has 0 bridgehead atoms. The molecule has 0 N–H and O–H groups in total. The Balaban J connectivity index is 2.15. The maximum atomic E-state index is 15.9. The SMILES string of the molecule is CCOP(=O)(OCC)[C@](C)(CC)COc1cc2c(cc1SC)N(c1ccc(F)cc1)C[C@H](CCC(C)(F)F)[C@H](F)S2(=O)=O. The highest BCUT2D eigenvalue weighted by molar-refractivity contribution is 7.98. The van der Waals surface area contributed by atoms with Crippen LogP contribution in [0.1, 0.15) is 53.9 Å². The summed E-state index contributed by atoms with van der Waals surface area (Å²) >= 11 is 1.25. The predicted molar refractivity (Wildman–Crippen MR) is 162 cm³/mol. The molecule has 7 nitrogen and oxygen atoms in total. The first-order chi connectivity index (χ1) is 20.1. The zero-order valence-electron chi connectivity index (χ0n) is 25.2. The Morgan fingerprint density at radius 3 is 2.19 bits per heavy atom. The van der Waals surface area contributed by atoms with Crippen LogP contribution in [0.5, 0.6) is 5.75 Å². The molecule has 3 atom stereocenters. The molecule has 1 aliphatic heterocycles. The minimum Gasteiger partial charge on any atom is -0.491 e. The van der Waals surface area contributed by atoms with E-state index in [9.17, 15) is 26.2 Å². The van der Waals surface area contributed by atoms with Crippen molar-refractivity contribution in [2.45, 2.75) is 80.3 Å². The fourth-order valence-corrected chi connectivity index (χ4v) is 9.10. The normalized spacial score (nSPS) is 20.3. The van der Waals surface area contributed by atoms with Crippen LogP contribution in [0.15, 0.2) is 46.2 Å². The van der Waals surface area contributed by atoms with Crippen LogP contribution in [0, 0.1) is 11.7 Å². The standard InChI is InChI=1S/C29H40F4NO6PS2/c1-7-28(4,41(35,39-8-2)40-9-3)19-38-24-17-26-23(16-25(24)42-6)34(22-12-10-21(30)11-13-22)18-20(14-15-29(5,32)33)27(31)43(26,36)37/h10-13,16-17,20,27H,7-9,14-15,18-19H2,1-6H3/t20-,27+,28+/m0/s1. The summed E-state index contributed by atoms with van der Waals surface area (Å²) in [6.07, 6.45) is 0.988. The number of sulfone groups is 1. The molecule has 0 saturated carbocycles. The van der Waals surface area contributed by atoms with Crippen molar-refractivity contribution >= 4 is 40.6 Å². The molecule has 242 valence electrons. The van der Waals surface area contributed by atoms with Crippen molar-refractivity contribution in [2.24, 2.45) is 5.92 Å². The Morgan fingerprint density at radius 1 is 1.07 bits per heavy atom. The summed E-state index contributed by atoms with van der Waals surface area (Å²) < 4.78 is 116. The highest BCUT2D eigenvalue weighted by Gasteiger charge is 2.47. The zero-order chi connectivity index (χ0) is 32.2. The summed E-state index contributed by atoms with van der Waals surface area (Å²) in [6, 6.07) is 7.97. The van der Waals surface area contributed by atoms with E-state index in [-0.39, 0.29) is 42.7 Å². The molecule has 0 fully saturated rings. The van der Waals surface area contributed by atoms with Crippen molar-refractivity contribution in [2.75, 3.05) is 37.5 Å². The summed E-state index contributed by atoms with van der Waals surface area (Å²) in [7, 11) is -8.36. The molecular formula is C29H40F4NO6PS2. The van der Waals surface area contributed by atoms with Gasteiger partial charge in [-0.1, -0.05) is 6.92 Å². The smallest absolute Gasteiger partial charge is 0.339 e. The molecule has 0 aromatic heterocycles. The first-order valence-electron chi connectivity index (χ1n) is 14.1. The molecule has 0 unspecified atom stereocenters. The number of fused-ring (bicyclic) bond motifs is 1. The van der Waals surface area contributed by atoms with Crippen LogP contribution < -0.4 is 9.64 Å². The van der Waals surface area contributed by atoms with Crippen LogP contribution in [-0.4, -0.2) is 57.6 Å². The molecular weight excluding hydrogens is 629 g/mol. The summed E-state index contributed by atoms with van der Waals surface area (Å²) in [5, 5.41) is -1.10. The van der Waals surface area contributed by atoms with Gasteiger partial charge >= 0.3 is 7.60 Å². The van der Waals surface area contributed by atoms with E-state index in [2.05, 4.69) is 0 Å². The summed E-state index contributed by atoms with van der Waals surface area (Å²) in [5.41, 5.74) is -2.00. The van der Waals surface area contributed by atoms with Crippen LogP contribution in [0.3, 0.4) is 0 Å². The first kappa shape index (κ1) is 35.7. The van der Waals surface area contributed by atoms with E-state index >= 15 is 4.39 Å². The summed E-state index contributed by atoms with van der Waals surface area (Å²) in [6.45, 7) is 7.48. The highest BCUT2D eigenvalue weighted by Crippen LogP contribution is 2.61. The van der Waals surface area contributed by atoms with Gasteiger partial charge in [0.15, 0.2) is 0 Å². The maximum absolute atomic E-state index is 15.9. The lowest BCUT2D eigenvalue weighted by molar-refractivity contribution is 0.00529. The lowest BCUT2D eigenvalue weighted by Gasteiger charge is -2.35. The third-order valence-electron chi connectivity index (χ3n) is 7.58. The summed E-state index contributed by atoms with van der Waals surface area (Å²) in [5.74, 6) is -4.84. The van der Waals surface area contributed by atoms with Gasteiger partial charge in [0, 0.05) is 30.6 Å². The van der Waals surface area contributed by atoms with Gasteiger partial charge in [0.25, 0.3) is 0 Å². The first-order valence-corrected chi connectivity index (χ1v) is 18.4. The number of alkyl halides is 3. The number of hydrogen-bond donors (Lipinski definition) is 0. The van der Waals surface area contributed by atoms with Gasteiger partial charge in [-0.25, -0.2) is 26.0 Å².